The Hall–Kier alpha value is -2.27. The number of hydrogen-bond donors (Lipinski definition) is 1. The first kappa shape index (κ1) is 15.6. The number of hydrogen-bond acceptors (Lipinski definition) is 2. The molecule has 0 fully saturated rings. The Morgan fingerprint density at radius 2 is 1.74 bits per heavy atom. The average Bonchev–Trinajstić information content (AvgIpc) is 2.76. The Morgan fingerprint density at radius 3 is 2.39 bits per heavy atom. The SMILES string of the molecule is CC(C)(N)Cn1c(Cc2ccccc2)nc2cc(F)c(F)cc21. The van der Waals surface area contributed by atoms with E-state index in [1.165, 1.54) is 6.07 Å². The molecule has 0 radical (unpaired) electrons. The van der Waals surface area contributed by atoms with Crippen LogP contribution in [0.2, 0.25) is 0 Å². The molecule has 0 saturated carbocycles. The van der Waals surface area contributed by atoms with Crippen LogP contribution in [-0.4, -0.2) is 15.1 Å². The third-order valence-electron chi connectivity index (χ3n) is 3.64. The van der Waals surface area contributed by atoms with Crippen LogP contribution in [-0.2, 0) is 13.0 Å². The molecule has 0 unspecified atom stereocenters. The van der Waals surface area contributed by atoms with Gasteiger partial charge in [-0.2, -0.15) is 0 Å². The van der Waals surface area contributed by atoms with Gasteiger partial charge in [-0.05, 0) is 19.4 Å². The Kier molecular flexibility index (Phi) is 3.90. The lowest BCUT2D eigenvalue weighted by Gasteiger charge is -2.21. The molecule has 1 aromatic heterocycles. The van der Waals surface area contributed by atoms with Crippen molar-refractivity contribution in [2.24, 2.45) is 5.73 Å². The van der Waals surface area contributed by atoms with Crippen molar-refractivity contribution in [3.05, 3.63) is 65.5 Å². The van der Waals surface area contributed by atoms with Gasteiger partial charge in [0.05, 0.1) is 11.0 Å². The number of halogens is 2. The fourth-order valence-electron chi connectivity index (χ4n) is 2.67. The molecule has 3 aromatic rings. The summed E-state index contributed by atoms with van der Waals surface area (Å²) in [5, 5.41) is 0. The highest BCUT2D eigenvalue weighted by molar-refractivity contribution is 5.76. The lowest BCUT2D eigenvalue weighted by atomic mass is 10.1. The smallest absolute Gasteiger partial charge is 0.161 e. The van der Waals surface area contributed by atoms with Crippen molar-refractivity contribution < 1.29 is 8.78 Å². The normalized spacial score (nSPS) is 12.0. The Morgan fingerprint density at radius 1 is 1.09 bits per heavy atom. The van der Waals surface area contributed by atoms with Crippen molar-refractivity contribution in [2.75, 3.05) is 0 Å². The predicted octanol–water partition coefficient (Wildman–Crippen LogP) is 3.64. The first-order valence-corrected chi connectivity index (χ1v) is 7.50. The van der Waals surface area contributed by atoms with Crippen LogP contribution in [0, 0.1) is 11.6 Å². The van der Waals surface area contributed by atoms with Crippen molar-refractivity contribution in [1.29, 1.82) is 0 Å². The van der Waals surface area contributed by atoms with Crippen LogP contribution in [0.1, 0.15) is 25.2 Å². The van der Waals surface area contributed by atoms with Crippen LogP contribution in [0.15, 0.2) is 42.5 Å². The van der Waals surface area contributed by atoms with Crippen LogP contribution in [0.4, 0.5) is 8.78 Å². The van der Waals surface area contributed by atoms with E-state index in [1.54, 1.807) is 0 Å². The number of nitrogens with two attached hydrogens (primary N) is 1. The van der Waals surface area contributed by atoms with E-state index in [0.29, 0.717) is 24.0 Å². The highest BCUT2D eigenvalue weighted by atomic mass is 19.2. The Labute approximate surface area is 133 Å². The molecule has 5 heteroatoms. The van der Waals surface area contributed by atoms with Gasteiger partial charge in [-0.15, -0.1) is 0 Å². The molecule has 3 nitrogen and oxygen atoms in total. The maximum atomic E-state index is 13.7. The van der Waals surface area contributed by atoms with E-state index in [2.05, 4.69) is 4.98 Å². The number of nitrogens with zero attached hydrogens (tertiary/aromatic N) is 2. The molecule has 23 heavy (non-hydrogen) atoms. The van der Waals surface area contributed by atoms with Gasteiger partial charge in [0.25, 0.3) is 0 Å². The molecule has 1 heterocycles. The molecular weight excluding hydrogens is 296 g/mol. The molecule has 2 N–H and O–H groups in total. The first-order chi connectivity index (χ1) is 10.8. The van der Waals surface area contributed by atoms with Gasteiger partial charge in [0.15, 0.2) is 11.6 Å². The molecule has 120 valence electrons. The fourth-order valence-corrected chi connectivity index (χ4v) is 2.67. The summed E-state index contributed by atoms with van der Waals surface area (Å²) in [7, 11) is 0. The molecule has 3 rings (SSSR count). The van der Waals surface area contributed by atoms with Crippen molar-refractivity contribution in [3.8, 4) is 0 Å². The highest BCUT2D eigenvalue weighted by Gasteiger charge is 2.19. The zero-order valence-corrected chi connectivity index (χ0v) is 13.2. The third-order valence-corrected chi connectivity index (χ3v) is 3.64. The van der Waals surface area contributed by atoms with Gasteiger partial charge in [-0.3, -0.25) is 0 Å². The largest absolute Gasteiger partial charge is 0.326 e. The molecule has 0 aliphatic rings. The molecule has 0 atom stereocenters. The van der Waals surface area contributed by atoms with E-state index in [-0.39, 0.29) is 0 Å². The summed E-state index contributed by atoms with van der Waals surface area (Å²) in [5.41, 5.74) is 7.73. The van der Waals surface area contributed by atoms with E-state index in [0.717, 1.165) is 17.5 Å². The van der Waals surface area contributed by atoms with Crippen molar-refractivity contribution in [3.63, 3.8) is 0 Å². The van der Waals surface area contributed by atoms with Crippen molar-refractivity contribution >= 4 is 11.0 Å². The van der Waals surface area contributed by atoms with Crippen LogP contribution in [0.5, 0.6) is 0 Å². The zero-order chi connectivity index (χ0) is 16.6. The molecule has 0 saturated heterocycles. The number of aromatic nitrogens is 2. The van der Waals surface area contributed by atoms with Gasteiger partial charge >= 0.3 is 0 Å². The number of fused-ring (bicyclic) bond motifs is 1. The maximum Gasteiger partial charge on any atom is 0.161 e. The molecule has 0 amide bonds. The summed E-state index contributed by atoms with van der Waals surface area (Å²) >= 11 is 0. The summed E-state index contributed by atoms with van der Waals surface area (Å²) < 4.78 is 29.0. The summed E-state index contributed by atoms with van der Waals surface area (Å²) in [4.78, 5) is 4.49. The predicted molar refractivity (Wildman–Crippen MR) is 87.2 cm³/mol. The molecule has 0 aliphatic carbocycles. The van der Waals surface area contributed by atoms with Crippen molar-refractivity contribution in [2.45, 2.75) is 32.4 Å². The van der Waals surface area contributed by atoms with Crippen LogP contribution in [0.3, 0.4) is 0 Å². The zero-order valence-electron chi connectivity index (χ0n) is 13.2. The second-order valence-corrected chi connectivity index (χ2v) is 6.52. The average molecular weight is 315 g/mol. The topological polar surface area (TPSA) is 43.8 Å². The number of benzene rings is 2. The third kappa shape index (κ3) is 3.40. The second kappa shape index (κ2) is 5.74. The standard InChI is InChI=1S/C18H19F2N3/c1-18(2,21)11-23-16-10-14(20)13(19)9-15(16)22-17(23)8-12-6-4-3-5-7-12/h3-7,9-10H,8,11,21H2,1-2H3. The second-order valence-electron chi connectivity index (χ2n) is 6.52. The van der Waals surface area contributed by atoms with E-state index in [4.69, 9.17) is 5.73 Å². The van der Waals surface area contributed by atoms with Gasteiger partial charge in [-0.1, -0.05) is 30.3 Å². The summed E-state index contributed by atoms with van der Waals surface area (Å²) in [5.74, 6) is -1.02. The minimum absolute atomic E-state index is 0.444. The van der Waals surface area contributed by atoms with E-state index in [9.17, 15) is 8.78 Å². The summed E-state index contributed by atoms with van der Waals surface area (Å²) in [6.45, 7) is 4.26. The van der Waals surface area contributed by atoms with Crippen molar-refractivity contribution in [1.82, 2.24) is 9.55 Å². The summed E-state index contributed by atoms with van der Waals surface area (Å²) in [6, 6.07) is 12.2. The van der Waals surface area contributed by atoms with Crippen LogP contribution < -0.4 is 5.73 Å². The Bertz CT molecular complexity index is 833. The van der Waals surface area contributed by atoms with E-state index in [1.807, 2.05) is 48.7 Å². The molecular formula is C18H19F2N3. The van der Waals surface area contributed by atoms with Gasteiger partial charge in [0.1, 0.15) is 5.82 Å². The first-order valence-electron chi connectivity index (χ1n) is 7.50. The molecule has 2 aromatic carbocycles. The van der Waals surface area contributed by atoms with Crippen LogP contribution >= 0.6 is 0 Å². The lowest BCUT2D eigenvalue weighted by molar-refractivity contribution is 0.432. The highest BCUT2D eigenvalue weighted by Crippen LogP contribution is 2.23. The van der Waals surface area contributed by atoms with Crippen LogP contribution in [0.25, 0.3) is 11.0 Å². The van der Waals surface area contributed by atoms with E-state index >= 15 is 0 Å². The molecule has 0 bridgehead atoms. The number of imidazole rings is 1. The quantitative estimate of drug-likeness (QED) is 0.799. The lowest BCUT2D eigenvalue weighted by Crippen LogP contribution is -2.37. The molecule has 0 spiro atoms. The van der Waals surface area contributed by atoms with Gasteiger partial charge < -0.3 is 10.3 Å². The minimum atomic E-state index is -0.889. The number of rotatable bonds is 4. The Balaban J connectivity index is 2.13. The maximum absolute atomic E-state index is 13.7. The van der Waals surface area contributed by atoms with Gasteiger partial charge in [0, 0.05) is 30.6 Å². The monoisotopic (exact) mass is 315 g/mol. The van der Waals surface area contributed by atoms with E-state index < -0.39 is 17.2 Å². The fraction of sp³-hybridized carbons (Fsp3) is 0.278. The minimum Gasteiger partial charge on any atom is -0.326 e. The van der Waals surface area contributed by atoms with Gasteiger partial charge in [0.2, 0.25) is 0 Å². The summed E-state index contributed by atoms with van der Waals surface area (Å²) in [6.07, 6.45) is 0.578. The van der Waals surface area contributed by atoms with Gasteiger partial charge in [-0.25, -0.2) is 13.8 Å². The molecule has 0 aliphatic heterocycles.